The maximum atomic E-state index is 14.2. The van der Waals surface area contributed by atoms with E-state index in [0.717, 1.165) is 39.1 Å². The largest absolute Gasteiger partial charge is 0.493 e. The molecule has 6 rings (SSSR count). The maximum Gasteiger partial charge on any atom is 0.357 e. The number of pyridine rings is 1. The molecule has 1 fully saturated rings. The molecule has 2 aromatic heterocycles. The first kappa shape index (κ1) is 30.4. The molecule has 232 valence electrons. The van der Waals surface area contributed by atoms with Gasteiger partial charge in [0.2, 0.25) is 0 Å². The quantitative estimate of drug-likeness (QED) is 0.242. The molecule has 2 aliphatic heterocycles. The number of carbonyl (C=O) groups is 3. The molecule has 0 saturated carbocycles. The van der Waals surface area contributed by atoms with Crippen LogP contribution in [0.15, 0.2) is 47.8 Å². The number of nitrogens with one attached hydrogen (secondary N) is 2. The molecule has 0 aliphatic carbocycles. The van der Waals surface area contributed by atoms with Crippen molar-refractivity contribution in [2.24, 2.45) is 5.73 Å². The predicted octanol–water partition coefficient (Wildman–Crippen LogP) is 5.05. The Morgan fingerprint density at radius 2 is 1.82 bits per heavy atom. The summed E-state index contributed by atoms with van der Waals surface area (Å²) < 4.78 is 16.6. The molecule has 0 radical (unpaired) electrons. The van der Waals surface area contributed by atoms with Gasteiger partial charge in [0.1, 0.15) is 11.4 Å². The van der Waals surface area contributed by atoms with Gasteiger partial charge in [0.25, 0.3) is 11.8 Å². The zero-order valence-electron chi connectivity index (χ0n) is 25.3. The van der Waals surface area contributed by atoms with Gasteiger partial charge in [-0.25, -0.2) is 9.78 Å². The highest BCUT2D eigenvalue weighted by Gasteiger charge is 2.28. The number of hydrogen-bond acceptors (Lipinski definition) is 9. The normalized spacial score (nSPS) is 15.3. The lowest BCUT2D eigenvalue weighted by molar-refractivity contribution is 0.0594. The monoisotopic (exact) mass is 626 g/mol. The van der Waals surface area contributed by atoms with Gasteiger partial charge in [-0.05, 0) is 78.2 Å². The Morgan fingerprint density at radius 3 is 2.53 bits per heavy atom. The molecular formula is C34H34N4O6S. The van der Waals surface area contributed by atoms with Crippen molar-refractivity contribution in [3.8, 4) is 27.3 Å². The summed E-state index contributed by atoms with van der Waals surface area (Å²) in [5, 5.41) is 8.03. The van der Waals surface area contributed by atoms with Gasteiger partial charge in [-0.3, -0.25) is 9.59 Å². The molecule has 0 spiro atoms. The Morgan fingerprint density at radius 1 is 1.02 bits per heavy atom. The molecule has 0 bridgehead atoms. The fourth-order valence-electron chi connectivity index (χ4n) is 5.84. The average Bonchev–Trinajstić information content (AvgIpc) is 3.71. The molecule has 4 N–H and O–H groups in total. The van der Waals surface area contributed by atoms with Crippen molar-refractivity contribution in [2.75, 3.05) is 32.2 Å². The first-order valence-corrected chi connectivity index (χ1v) is 15.6. The molecular weight excluding hydrogens is 592 g/mol. The first-order valence-electron chi connectivity index (χ1n) is 14.7. The van der Waals surface area contributed by atoms with Crippen LogP contribution in [0.2, 0.25) is 0 Å². The van der Waals surface area contributed by atoms with E-state index in [1.807, 2.05) is 31.4 Å². The second-order valence-electron chi connectivity index (χ2n) is 11.1. The van der Waals surface area contributed by atoms with Crippen molar-refractivity contribution in [1.29, 1.82) is 0 Å². The Labute approximate surface area is 264 Å². The van der Waals surface area contributed by atoms with Crippen molar-refractivity contribution in [3.05, 3.63) is 87.0 Å². The lowest BCUT2D eigenvalue weighted by atomic mass is 9.93. The Bertz CT molecular complexity index is 1790. The number of methoxy groups -OCH3 is 1. The number of benzene rings is 2. The first-order chi connectivity index (χ1) is 21.8. The lowest BCUT2D eigenvalue weighted by Crippen LogP contribution is -2.35. The van der Waals surface area contributed by atoms with Gasteiger partial charge < -0.3 is 30.6 Å². The van der Waals surface area contributed by atoms with Crippen LogP contribution in [0.4, 0.5) is 5.69 Å². The number of fused-ring (bicyclic) bond motifs is 3. The minimum absolute atomic E-state index is 0.0533. The smallest absolute Gasteiger partial charge is 0.357 e. The number of carbonyl (C=O) groups excluding carboxylic acids is 3. The van der Waals surface area contributed by atoms with Crippen molar-refractivity contribution in [1.82, 2.24) is 10.3 Å². The van der Waals surface area contributed by atoms with Gasteiger partial charge in [0.05, 0.1) is 26.4 Å². The third kappa shape index (κ3) is 6.06. The molecule has 1 atom stereocenters. The van der Waals surface area contributed by atoms with E-state index >= 15 is 0 Å². The third-order valence-electron chi connectivity index (χ3n) is 8.11. The van der Waals surface area contributed by atoms with Crippen LogP contribution < -0.4 is 21.1 Å². The summed E-state index contributed by atoms with van der Waals surface area (Å²) in [5.74, 6) is -0.958. The number of thiophene rings is 1. The van der Waals surface area contributed by atoms with E-state index < -0.39 is 11.9 Å². The molecule has 4 aromatic rings. The third-order valence-corrected chi connectivity index (χ3v) is 9.10. The number of anilines is 1. The van der Waals surface area contributed by atoms with Crippen molar-refractivity contribution >= 4 is 34.8 Å². The summed E-state index contributed by atoms with van der Waals surface area (Å²) in [6.07, 6.45) is 1.42. The Hall–Kier alpha value is -4.58. The van der Waals surface area contributed by atoms with Gasteiger partial charge in [-0.15, -0.1) is 11.3 Å². The molecule has 2 amide bonds. The van der Waals surface area contributed by atoms with Crippen LogP contribution in [-0.4, -0.2) is 55.7 Å². The van der Waals surface area contributed by atoms with Crippen LogP contribution in [0.25, 0.3) is 21.6 Å². The highest BCUT2D eigenvalue weighted by Crippen LogP contribution is 2.43. The van der Waals surface area contributed by atoms with Gasteiger partial charge in [0.15, 0.2) is 5.69 Å². The van der Waals surface area contributed by atoms with E-state index in [2.05, 4.69) is 21.7 Å². The molecule has 45 heavy (non-hydrogen) atoms. The number of amides is 2. The summed E-state index contributed by atoms with van der Waals surface area (Å²) in [7, 11) is 1.25. The number of aromatic nitrogens is 1. The summed E-state index contributed by atoms with van der Waals surface area (Å²) in [4.78, 5) is 45.9. The summed E-state index contributed by atoms with van der Waals surface area (Å²) in [6.45, 7) is 5.68. The highest BCUT2D eigenvalue weighted by atomic mass is 32.1. The Balaban J connectivity index is 1.49. The molecule has 10 nitrogen and oxygen atoms in total. The summed E-state index contributed by atoms with van der Waals surface area (Å²) in [6, 6.07) is 12.6. The van der Waals surface area contributed by atoms with Gasteiger partial charge >= 0.3 is 5.97 Å². The minimum Gasteiger partial charge on any atom is -0.493 e. The second kappa shape index (κ2) is 12.8. The lowest BCUT2D eigenvalue weighted by Gasteiger charge is -2.19. The molecule has 0 unspecified atom stereocenters. The van der Waals surface area contributed by atoms with E-state index in [4.69, 9.17) is 19.9 Å². The molecule has 4 heterocycles. The van der Waals surface area contributed by atoms with E-state index in [1.54, 1.807) is 35.6 Å². The van der Waals surface area contributed by atoms with E-state index in [-0.39, 0.29) is 23.3 Å². The number of esters is 1. The molecule has 2 aromatic carbocycles. The zero-order chi connectivity index (χ0) is 31.7. The number of ether oxygens (including phenoxy) is 3. The highest BCUT2D eigenvalue weighted by molar-refractivity contribution is 7.13. The molecule has 2 aliphatic rings. The van der Waals surface area contributed by atoms with Crippen LogP contribution >= 0.6 is 11.3 Å². The van der Waals surface area contributed by atoms with Gasteiger partial charge in [-0.2, -0.15) is 0 Å². The maximum absolute atomic E-state index is 14.2. The second-order valence-corrected chi connectivity index (χ2v) is 12.1. The fraction of sp³-hybridized carbons (Fsp3) is 0.294. The van der Waals surface area contributed by atoms with Gasteiger partial charge in [0, 0.05) is 52.4 Å². The van der Waals surface area contributed by atoms with Crippen LogP contribution in [0.3, 0.4) is 0 Å². The zero-order valence-corrected chi connectivity index (χ0v) is 26.1. The summed E-state index contributed by atoms with van der Waals surface area (Å²) >= 11 is 1.58. The topological polar surface area (TPSA) is 142 Å². The van der Waals surface area contributed by atoms with E-state index in [0.29, 0.717) is 60.9 Å². The van der Waals surface area contributed by atoms with Crippen LogP contribution in [0.1, 0.15) is 60.0 Å². The standard InChI is InChI=1S/C34H34N4O6S/c1-18-12-20(16-35)13-19(2)29(18)38-32(39)25-14-26-28(44-10-6-21-8-11-45-31(21)26)15-24(25)23-4-5-27(37-30(23)34(41)42-3)33(40)36-22-7-9-43-17-22/h4-5,8,11-15,22H,6-7,9-10,16-17,35H2,1-3H3,(H,36,40)(H,38,39)/t22-/m1/s1. The van der Waals surface area contributed by atoms with E-state index in [1.165, 1.54) is 7.11 Å². The SMILES string of the molecule is COC(=O)c1nc(C(=O)N[C@@H]2CCOC2)ccc1-c1cc2c(cc1C(=O)Nc1c(C)cc(CN)cc1C)-c1sccc1CCO2. The number of hydrogen-bond donors (Lipinski definition) is 3. The minimum atomic E-state index is -0.740. The van der Waals surface area contributed by atoms with Crippen LogP contribution in [0.5, 0.6) is 5.75 Å². The molecule has 11 heteroatoms. The van der Waals surface area contributed by atoms with E-state index in [9.17, 15) is 14.4 Å². The number of aryl methyl sites for hydroxylation is 2. The number of nitrogens with zero attached hydrogens (tertiary/aromatic N) is 1. The van der Waals surface area contributed by atoms with Crippen molar-refractivity contribution < 1.29 is 28.6 Å². The van der Waals surface area contributed by atoms with Gasteiger partial charge in [-0.1, -0.05) is 12.1 Å². The van der Waals surface area contributed by atoms with Crippen LogP contribution in [-0.2, 0) is 22.4 Å². The van der Waals surface area contributed by atoms with Crippen molar-refractivity contribution in [2.45, 2.75) is 39.3 Å². The number of nitrogens with two attached hydrogens (primary N) is 1. The Kier molecular flexibility index (Phi) is 8.66. The average molecular weight is 627 g/mol. The number of rotatable bonds is 7. The van der Waals surface area contributed by atoms with Crippen LogP contribution in [0, 0.1) is 13.8 Å². The fourth-order valence-corrected chi connectivity index (χ4v) is 6.82. The molecule has 1 saturated heterocycles. The predicted molar refractivity (Wildman–Crippen MR) is 172 cm³/mol. The van der Waals surface area contributed by atoms with Crippen molar-refractivity contribution in [3.63, 3.8) is 0 Å². The summed E-state index contributed by atoms with van der Waals surface area (Å²) in [5.41, 5.74) is 12.2.